The van der Waals surface area contributed by atoms with E-state index in [-0.39, 0.29) is 0 Å². The monoisotopic (exact) mass is 332 g/mol. The van der Waals surface area contributed by atoms with E-state index in [4.69, 9.17) is 15.3 Å². The predicted molar refractivity (Wildman–Crippen MR) is 93.6 cm³/mol. The lowest BCUT2D eigenvalue weighted by atomic mass is 9.97. The van der Waals surface area contributed by atoms with Crippen LogP contribution in [0.1, 0.15) is 29.5 Å². The summed E-state index contributed by atoms with van der Waals surface area (Å²) in [7, 11) is 0. The first-order valence-corrected chi connectivity index (χ1v) is 8.47. The molecule has 25 heavy (non-hydrogen) atoms. The number of aromatic nitrogens is 1. The van der Waals surface area contributed by atoms with Crippen LogP contribution in [0.25, 0.3) is 0 Å². The van der Waals surface area contributed by atoms with Crippen LogP contribution in [0.3, 0.4) is 0 Å². The lowest BCUT2D eigenvalue weighted by Gasteiger charge is -2.31. The van der Waals surface area contributed by atoms with E-state index in [1.165, 1.54) is 5.56 Å². The van der Waals surface area contributed by atoms with Gasteiger partial charge in [-0.1, -0.05) is 12.1 Å². The zero-order valence-electron chi connectivity index (χ0n) is 14.1. The maximum Gasteiger partial charge on any atom is 0.214 e. The Kier molecular flexibility index (Phi) is 5.61. The number of rotatable bonds is 5. The Morgan fingerprint density at radius 2 is 1.84 bits per heavy atom. The molecule has 0 atom stereocenters. The summed E-state index contributed by atoms with van der Waals surface area (Å²) in [5, 5.41) is 17.9. The number of pyridine rings is 1. The van der Waals surface area contributed by atoms with Gasteiger partial charge in [-0.25, -0.2) is 4.98 Å². The SMILES string of the molecule is N#Cc1cccc(CN2CCC(COc3cc(C#N)ccn3)CC2)c1. The molecule has 1 aliphatic heterocycles. The lowest BCUT2D eigenvalue weighted by Crippen LogP contribution is -2.35. The standard InChI is InChI=1S/C20H20N4O/c21-12-17-2-1-3-19(10-17)14-24-8-5-16(6-9-24)15-25-20-11-18(13-22)4-7-23-20/h1-4,7,10-11,16H,5-6,8-9,14-15H2. The molecule has 1 saturated heterocycles. The van der Waals surface area contributed by atoms with E-state index in [0.717, 1.165) is 32.5 Å². The van der Waals surface area contributed by atoms with E-state index < -0.39 is 0 Å². The van der Waals surface area contributed by atoms with Crippen molar-refractivity contribution >= 4 is 0 Å². The number of hydrogen-bond acceptors (Lipinski definition) is 5. The molecule has 0 bridgehead atoms. The first-order valence-electron chi connectivity index (χ1n) is 8.47. The molecule has 1 aliphatic rings. The maximum atomic E-state index is 8.99. The van der Waals surface area contributed by atoms with Crippen LogP contribution < -0.4 is 4.74 Å². The average Bonchev–Trinajstić information content (AvgIpc) is 2.68. The van der Waals surface area contributed by atoms with E-state index in [0.29, 0.717) is 29.5 Å². The van der Waals surface area contributed by atoms with Crippen LogP contribution in [0, 0.1) is 28.6 Å². The number of benzene rings is 1. The molecule has 2 aromatic rings. The second-order valence-corrected chi connectivity index (χ2v) is 6.34. The van der Waals surface area contributed by atoms with E-state index >= 15 is 0 Å². The van der Waals surface area contributed by atoms with Crippen molar-refractivity contribution in [1.29, 1.82) is 10.5 Å². The molecule has 5 heteroatoms. The third-order valence-electron chi connectivity index (χ3n) is 4.50. The second-order valence-electron chi connectivity index (χ2n) is 6.34. The molecule has 1 aromatic carbocycles. The Morgan fingerprint density at radius 3 is 2.60 bits per heavy atom. The smallest absolute Gasteiger partial charge is 0.214 e. The summed E-state index contributed by atoms with van der Waals surface area (Å²) in [5.41, 5.74) is 2.47. The van der Waals surface area contributed by atoms with Crippen LogP contribution in [-0.4, -0.2) is 29.6 Å². The molecule has 0 unspecified atom stereocenters. The Hall–Kier alpha value is -2.89. The number of nitriles is 2. The van der Waals surface area contributed by atoms with Gasteiger partial charge < -0.3 is 4.74 Å². The van der Waals surface area contributed by atoms with Crippen molar-refractivity contribution in [3.63, 3.8) is 0 Å². The van der Waals surface area contributed by atoms with Crippen molar-refractivity contribution in [2.75, 3.05) is 19.7 Å². The summed E-state index contributed by atoms with van der Waals surface area (Å²) in [6, 6.07) is 15.4. The molecular formula is C20H20N4O. The minimum atomic E-state index is 0.509. The van der Waals surface area contributed by atoms with Crippen LogP contribution in [0.4, 0.5) is 0 Å². The second kappa shape index (κ2) is 8.28. The lowest BCUT2D eigenvalue weighted by molar-refractivity contribution is 0.134. The molecule has 5 nitrogen and oxygen atoms in total. The Balaban J connectivity index is 1.45. The summed E-state index contributed by atoms with van der Waals surface area (Å²) in [5.74, 6) is 1.03. The van der Waals surface area contributed by atoms with Crippen molar-refractivity contribution < 1.29 is 4.74 Å². The van der Waals surface area contributed by atoms with E-state index in [1.54, 1.807) is 18.3 Å². The van der Waals surface area contributed by atoms with Gasteiger partial charge in [0.1, 0.15) is 0 Å². The van der Waals surface area contributed by atoms with Crippen molar-refractivity contribution in [1.82, 2.24) is 9.88 Å². The summed E-state index contributed by atoms with van der Waals surface area (Å²) < 4.78 is 5.75. The van der Waals surface area contributed by atoms with E-state index in [1.807, 2.05) is 18.2 Å². The van der Waals surface area contributed by atoms with Crippen molar-refractivity contribution in [3.05, 3.63) is 59.3 Å². The quantitative estimate of drug-likeness (QED) is 0.841. The molecule has 126 valence electrons. The summed E-state index contributed by atoms with van der Waals surface area (Å²) >= 11 is 0. The normalized spacial score (nSPS) is 15.3. The fraction of sp³-hybridized carbons (Fsp3) is 0.350. The summed E-state index contributed by atoms with van der Waals surface area (Å²) in [6.07, 6.45) is 3.76. The van der Waals surface area contributed by atoms with Gasteiger partial charge >= 0.3 is 0 Å². The fourth-order valence-corrected chi connectivity index (χ4v) is 3.07. The molecule has 0 spiro atoms. The molecule has 2 heterocycles. The highest BCUT2D eigenvalue weighted by Gasteiger charge is 2.20. The minimum absolute atomic E-state index is 0.509. The Bertz CT molecular complexity index is 798. The van der Waals surface area contributed by atoms with Gasteiger partial charge in [0.05, 0.1) is 29.9 Å². The van der Waals surface area contributed by atoms with Gasteiger partial charge in [-0.3, -0.25) is 4.90 Å². The van der Waals surface area contributed by atoms with Gasteiger partial charge in [-0.05, 0) is 55.6 Å². The number of nitrogens with zero attached hydrogens (tertiary/aromatic N) is 4. The van der Waals surface area contributed by atoms with Gasteiger partial charge in [-0.15, -0.1) is 0 Å². The largest absolute Gasteiger partial charge is 0.477 e. The van der Waals surface area contributed by atoms with Crippen molar-refractivity contribution in [2.24, 2.45) is 5.92 Å². The number of hydrogen-bond donors (Lipinski definition) is 0. The van der Waals surface area contributed by atoms with Crippen LogP contribution in [0.2, 0.25) is 0 Å². The first-order chi connectivity index (χ1) is 12.3. The highest BCUT2D eigenvalue weighted by atomic mass is 16.5. The maximum absolute atomic E-state index is 8.99. The zero-order valence-corrected chi connectivity index (χ0v) is 14.1. The number of likely N-dealkylation sites (tertiary alicyclic amines) is 1. The molecule has 1 fully saturated rings. The van der Waals surface area contributed by atoms with Gasteiger partial charge in [0.25, 0.3) is 0 Å². The Morgan fingerprint density at radius 1 is 1.08 bits per heavy atom. The Labute approximate surface area is 148 Å². The van der Waals surface area contributed by atoms with Crippen LogP contribution in [-0.2, 0) is 6.54 Å². The van der Waals surface area contributed by atoms with Gasteiger partial charge in [0, 0.05) is 18.8 Å². The summed E-state index contributed by atoms with van der Waals surface area (Å²) in [6.45, 7) is 3.57. The minimum Gasteiger partial charge on any atom is -0.477 e. The molecule has 0 aliphatic carbocycles. The fourth-order valence-electron chi connectivity index (χ4n) is 3.07. The van der Waals surface area contributed by atoms with E-state index in [2.05, 4.69) is 28.1 Å². The molecule has 0 radical (unpaired) electrons. The number of piperidine rings is 1. The van der Waals surface area contributed by atoms with Gasteiger partial charge in [-0.2, -0.15) is 10.5 Å². The predicted octanol–water partition coefficient (Wildman–Crippen LogP) is 3.12. The summed E-state index contributed by atoms with van der Waals surface area (Å²) in [4.78, 5) is 6.57. The molecule has 0 amide bonds. The van der Waals surface area contributed by atoms with Crippen molar-refractivity contribution in [2.45, 2.75) is 19.4 Å². The zero-order chi connectivity index (χ0) is 17.5. The average molecular weight is 332 g/mol. The van der Waals surface area contributed by atoms with Gasteiger partial charge in [0.2, 0.25) is 5.88 Å². The number of ether oxygens (including phenoxy) is 1. The van der Waals surface area contributed by atoms with Crippen LogP contribution in [0.5, 0.6) is 5.88 Å². The first kappa shape index (κ1) is 17.0. The molecular weight excluding hydrogens is 312 g/mol. The topological polar surface area (TPSA) is 72.9 Å². The molecule has 3 rings (SSSR count). The third kappa shape index (κ3) is 4.79. The molecule has 0 saturated carbocycles. The van der Waals surface area contributed by atoms with Gasteiger partial charge in [0.15, 0.2) is 0 Å². The highest BCUT2D eigenvalue weighted by molar-refractivity contribution is 5.33. The van der Waals surface area contributed by atoms with E-state index in [9.17, 15) is 0 Å². The third-order valence-corrected chi connectivity index (χ3v) is 4.50. The molecule has 0 N–H and O–H groups in total. The van der Waals surface area contributed by atoms with Crippen molar-refractivity contribution in [3.8, 4) is 18.0 Å². The van der Waals surface area contributed by atoms with Crippen LogP contribution >= 0.6 is 0 Å². The van der Waals surface area contributed by atoms with Crippen LogP contribution in [0.15, 0.2) is 42.6 Å². The molecule has 1 aromatic heterocycles. The highest BCUT2D eigenvalue weighted by Crippen LogP contribution is 2.20.